The van der Waals surface area contributed by atoms with E-state index in [9.17, 15) is 4.79 Å². The molecule has 0 fully saturated rings. The summed E-state index contributed by atoms with van der Waals surface area (Å²) in [5.41, 5.74) is 2.04. The van der Waals surface area contributed by atoms with Crippen molar-refractivity contribution < 1.29 is 14.3 Å². The van der Waals surface area contributed by atoms with Crippen molar-refractivity contribution in [1.29, 1.82) is 0 Å². The van der Waals surface area contributed by atoms with E-state index in [1.54, 1.807) is 26.4 Å². The molecule has 1 amide bonds. The summed E-state index contributed by atoms with van der Waals surface area (Å²) in [7, 11) is 3.22. The van der Waals surface area contributed by atoms with E-state index in [2.05, 4.69) is 20.8 Å². The zero-order valence-electron chi connectivity index (χ0n) is 15.1. The van der Waals surface area contributed by atoms with E-state index in [-0.39, 0.29) is 11.6 Å². The molecule has 0 aliphatic rings. The Bertz CT molecular complexity index is 896. The Labute approximate surface area is 157 Å². The Balaban J connectivity index is 1.57. The monoisotopic (exact) mass is 364 g/mol. The van der Waals surface area contributed by atoms with Gasteiger partial charge < -0.3 is 20.1 Å². The smallest absolute Gasteiger partial charge is 0.272 e. The third kappa shape index (κ3) is 4.94. The quantitative estimate of drug-likeness (QED) is 0.670. The summed E-state index contributed by atoms with van der Waals surface area (Å²) < 4.78 is 10.3. The van der Waals surface area contributed by atoms with Crippen LogP contribution in [-0.4, -0.2) is 30.3 Å². The number of methoxy groups -OCH3 is 2. The highest BCUT2D eigenvalue weighted by molar-refractivity contribution is 5.92. The molecule has 0 unspecified atom stereocenters. The van der Waals surface area contributed by atoms with Crippen molar-refractivity contribution in [1.82, 2.24) is 15.5 Å². The van der Waals surface area contributed by atoms with Crippen molar-refractivity contribution in [3.63, 3.8) is 0 Å². The average Bonchev–Trinajstić information content (AvgIpc) is 2.73. The number of nitrogens with zero attached hydrogens (tertiary/aromatic N) is 2. The topological polar surface area (TPSA) is 85.4 Å². The van der Waals surface area contributed by atoms with Gasteiger partial charge in [0.1, 0.15) is 11.5 Å². The predicted octanol–water partition coefficient (Wildman–Crippen LogP) is 3.17. The van der Waals surface area contributed by atoms with Crippen molar-refractivity contribution in [2.45, 2.75) is 6.54 Å². The molecule has 7 heteroatoms. The number of nitrogens with one attached hydrogen (secondary N) is 2. The largest absolute Gasteiger partial charge is 0.497 e. The van der Waals surface area contributed by atoms with Gasteiger partial charge in [-0.1, -0.05) is 18.2 Å². The van der Waals surface area contributed by atoms with Crippen LogP contribution in [0.5, 0.6) is 11.5 Å². The molecule has 2 aromatic carbocycles. The zero-order valence-corrected chi connectivity index (χ0v) is 15.1. The zero-order chi connectivity index (χ0) is 19.1. The highest BCUT2D eigenvalue weighted by atomic mass is 16.5. The summed E-state index contributed by atoms with van der Waals surface area (Å²) in [5, 5.41) is 14.0. The fourth-order valence-corrected chi connectivity index (χ4v) is 2.39. The molecular formula is C20H20N4O3. The number of carbonyl (C=O) groups is 1. The molecule has 1 heterocycles. The molecule has 3 rings (SSSR count). The van der Waals surface area contributed by atoms with Gasteiger partial charge in [0, 0.05) is 18.3 Å². The van der Waals surface area contributed by atoms with Crippen molar-refractivity contribution >= 4 is 17.4 Å². The third-order valence-electron chi connectivity index (χ3n) is 3.85. The number of amides is 1. The molecule has 0 radical (unpaired) electrons. The van der Waals surface area contributed by atoms with E-state index in [1.165, 1.54) is 0 Å². The Hall–Kier alpha value is -3.61. The van der Waals surface area contributed by atoms with Crippen molar-refractivity contribution in [3.8, 4) is 11.5 Å². The lowest BCUT2D eigenvalue weighted by Crippen LogP contribution is -2.24. The summed E-state index contributed by atoms with van der Waals surface area (Å²) in [5.74, 6) is 1.76. The highest BCUT2D eigenvalue weighted by Gasteiger charge is 2.08. The van der Waals surface area contributed by atoms with Gasteiger partial charge in [-0.25, -0.2) is 0 Å². The lowest BCUT2D eigenvalue weighted by Gasteiger charge is -2.08. The van der Waals surface area contributed by atoms with E-state index < -0.39 is 0 Å². The molecule has 0 aliphatic carbocycles. The summed E-state index contributed by atoms with van der Waals surface area (Å²) in [6.07, 6.45) is 0. The Morgan fingerprint density at radius 2 is 1.70 bits per heavy atom. The van der Waals surface area contributed by atoms with Crippen LogP contribution >= 0.6 is 0 Å². The number of aromatic nitrogens is 2. The Kier molecular flexibility index (Phi) is 5.84. The molecule has 0 atom stereocenters. The van der Waals surface area contributed by atoms with Gasteiger partial charge in [0.2, 0.25) is 0 Å². The first-order valence-electron chi connectivity index (χ1n) is 8.34. The third-order valence-corrected chi connectivity index (χ3v) is 3.85. The lowest BCUT2D eigenvalue weighted by atomic mass is 10.2. The van der Waals surface area contributed by atoms with Gasteiger partial charge in [0.25, 0.3) is 5.91 Å². The van der Waals surface area contributed by atoms with Crippen LogP contribution in [0.25, 0.3) is 0 Å². The SMILES string of the molecule is COc1ccc(CNC(=O)c2ccc(Nc3cccc(OC)c3)nn2)cc1. The number of hydrogen-bond acceptors (Lipinski definition) is 6. The van der Waals surface area contributed by atoms with E-state index in [1.807, 2.05) is 48.5 Å². The maximum Gasteiger partial charge on any atom is 0.272 e. The van der Waals surface area contributed by atoms with Crippen LogP contribution in [0.4, 0.5) is 11.5 Å². The Morgan fingerprint density at radius 3 is 2.37 bits per heavy atom. The van der Waals surface area contributed by atoms with Crippen LogP contribution in [-0.2, 0) is 6.54 Å². The van der Waals surface area contributed by atoms with Gasteiger partial charge >= 0.3 is 0 Å². The molecule has 0 aliphatic heterocycles. The van der Waals surface area contributed by atoms with Crippen molar-refractivity contribution in [2.24, 2.45) is 0 Å². The van der Waals surface area contributed by atoms with E-state index in [4.69, 9.17) is 9.47 Å². The van der Waals surface area contributed by atoms with Gasteiger partial charge in [-0.3, -0.25) is 4.79 Å². The number of rotatable bonds is 7. The van der Waals surface area contributed by atoms with Gasteiger partial charge in [0.15, 0.2) is 11.5 Å². The fourth-order valence-electron chi connectivity index (χ4n) is 2.39. The van der Waals surface area contributed by atoms with Gasteiger partial charge in [-0.15, -0.1) is 10.2 Å². The molecule has 0 spiro atoms. The molecular weight excluding hydrogens is 344 g/mol. The molecule has 27 heavy (non-hydrogen) atoms. The highest BCUT2D eigenvalue weighted by Crippen LogP contribution is 2.19. The molecule has 0 saturated carbocycles. The van der Waals surface area contributed by atoms with Crippen LogP contribution in [0.2, 0.25) is 0 Å². The molecule has 138 valence electrons. The Morgan fingerprint density at radius 1 is 0.926 bits per heavy atom. The first kappa shape index (κ1) is 18.2. The first-order chi connectivity index (χ1) is 13.2. The molecule has 0 bridgehead atoms. The van der Waals surface area contributed by atoms with Gasteiger partial charge in [-0.05, 0) is 42.0 Å². The number of benzene rings is 2. The number of anilines is 2. The molecule has 3 aromatic rings. The lowest BCUT2D eigenvalue weighted by molar-refractivity contribution is 0.0945. The van der Waals surface area contributed by atoms with Crippen LogP contribution in [0.1, 0.15) is 16.1 Å². The number of ether oxygens (including phenoxy) is 2. The van der Waals surface area contributed by atoms with E-state index in [0.717, 1.165) is 22.7 Å². The molecule has 2 N–H and O–H groups in total. The number of hydrogen-bond donors (Lipinski definition) is 2. The molecule has 1 aromatic heterocycles. The summed E-state index contributed by atoms with van der Waals surface area (Å²) in [6.45, 7) is 0.397. The summed E-state index contributed by atoms with van der Waals surface area (Å²) in [4.78, 5) is 12.2. The second kappa shape index (κ2) is 8.66. The van der Waals surface area contributed by atoms with Crippen molar-refractivity contribution in [3.05, 3.63) is 71.9 Å². The summed E-state index contributed by atoms with van der Waals surface area (Å²) >= 11 is 0. The molecule has 0 saturated heterocycles. The molecule has 7 nitrogen and oxygen atoms in total. The van der Waals surface area contributed by atoms with Gasteiger partial charge in [0.05, 0.1) is 14.2 Å². The van der Waals surface area contributed by atoms with Crippen LogP contribution in [0.15, 0.2) is 60.7 Å². The van der Waals surface area contributed by atoms with Crippen LogP contribution in [0.3, 0.4) is 0 Å². The second-order valence-electron chi connectivity index (χ2n) is 5.69. The van der Waals surface area contributed by atoms with Crippen LogP contribution < -0.4 is 20.1 Å². The van der Waals surface area contributed by atoms with Gasteiger partial charge in [-0.2, -0.15) is 0 Å². The minimum absolute atomic E-state index is 0.250. The van der Waals surface area contributed by atoms with E-state index >= 15 is 0 Å². The first-order valence-corrected chi connectivity index (χ1v) is 8.34. The number of carbonyl (C=O) groups excluding carboxylic acids is 1. The second-order valence-corrected chi connectivity index (χ2v) is 5.69. The minimum Gasteiger partial charge on any atom is -0.497 e. The minimum atomic E-state index is -0.286. The normalized spacial score (nSPS) is 10.1. The summed E-state index contributed by atoms with van der Waals surface area (Å²) in [6, 6.07) is 18.3. The van der Waals surface area contributed by atoms with Crippen LogP contribution in [0, 0.1) is 0 Å². The predicted molar refractivity (Wildman–Crippen MR) is 102 cm³/mol. The fraction of sp³-hybridized carbons (Fsp3) is 0.150. The van der Waals surface area contributed by atoms with Crippen molar-refractivity contribution in [2.75, 3.05) is 19.5 Å². The van der Waals surface area contributed by atoms with E-state index in [0.29, 0.717) is 12.4 Å². The maximum absolute atomic E-state index is 12.2. The standard InChI is InChI=1S/C20H20N4O3/c1-26-16-8-6-14(7-9-16)13-21-20(25)18-10-11-19(24-23-18)22-15-4-3-5-17(12-15)27-2/h3-12H,13H2,1-2H3,(H,21,25)(H,22,24). The average molecular weight is 364 g/mol. The maximum atomic E-state index is 12.2.